The summed E-state index contributed by atoms with van der Waals surface area (Å²) in [4.78, 5) is 0. The van der Waals surface area contributed by atoms with Crippen LogP contribution in [-0.2, 0) is 6.42 Å². The Kier molecular flexibility index (Phi) is 4.76. The second-order valence-corrected chi connectivity index (χ2v) is 6.07. The maximum absolute atomic E-state index is 6.09. The molecule has 0 saturated heterocycles. The first-order valence-corrected chi connectivity index (χ1v) is 7.82. The van der Waals surface area contributed by atoms with Gasteiger partial charge in [-0.15, -0.1) is 5.10 Å². The molecule has 0 bridgehead atoms. The predicted octanol–water partition coefficient (Wildman–Crippen LogP) is 3.76. The number of benzene rings is 1. The standard InChI is InChI=1S/C13H16Br2N4/c1-3-10(16)13-11(4-2)19(18-17-13)12-6-5-8(14)7-9(12)15/h5-7,10H,3-4,16H2,1-2H3. The van der Waals surface area contributed by atoms with Gasteiger partial charge in [0.2, 0.25) is 0 Å². The molecule has 0 radical (unpaired) electrons. The quantitative estimate of drug-likeness (QED) is 0.868. The van der Waals surface area contributed by atoms with Gasteiger partial charge in [-0.25, -0.2) is 4.68 Å². The normalized spacial score (nSPS) is 12.7. The van der Waals surface area contributed by atoms with Crippen LogP contribution in [0.5, 0.6) is 0 Å². The summed E-state index contributed by atoms with van der Waals surface area (Å²) >= 11 is 7.01. The van der Waals surface area contributed by atoms with Crippen LogP contribution in [0.3, 0.4) is 0 Å². The lowest BCUT2D eigenvalue weighted by Gasteiger charge is -2.10. The van der Waals surface area contributed by atoms with E-state index in [0.717, 1.165) is 38.9 Å². The van der Waals surface area contributed by atoms with E-state index in [2.05, 4.69) is 56.0 Å². The van der Waals surface area contributed by atoms with Crippen LogP contribution in [0.1, 0.15) is 37.7 Å². The Morgan fingerprint density at radius 3 is 2.63 bits per heavy atom. The van der Waals surface area contributed by atoms with Crippen LogP contribution in [0.25, 0.3) is 5.69 Å². The molecule has 2 aromatic rings. The molecule has 6 heteroatoms. The number of nitrogens with two attached hydrogens (primary N) is 1. The molecular weight excluding hydrogens is 372 g/mol. The van der Waals surface area contributed by atoms with Crippen molar-refractivity contribution in [1.29, 1.82) is 0 Å². The van der Waals surface area contributed by atoms with Crippen molar-refractivity contribution in [2.45, 2.75) is 32.7 Å². The van der Waals surface area contributed by atoms with Crippen molar-refractivity contribution in [3.05, 3.63) is 38.5 Å². The number of hydrogen-bond donors (Lipinski definition) is 1. The Bertz CT molecular complexity index is 580. The van der Waals surface area contributed by atoms with Crippen molar-refractivity contribution in [1.82, 2.24) is 15.0 Å². The summed E-state index contributed by atoms with van der Waals surface area (Å²) in [6.45, 7) is 4.15. The first-order chi connectivity index (χ1) is 9.08. The largest absolute Gasteiger partial charge is 0.323 e. The topological polar surface area (TPSA) is 56.7 Å². The van der Waals surface area contributed by atoms with Gasteiger partial charge in [-0.3, -0.25) is 0 Å². The van der Waals surface area contributed by atoms with E-state index in [9.17, 15) is 0 Å². The summed E-state index contributed by atoms with van der Waals surface area (Å²) in [5.74, 6) is 0. The Labute approximate surface area is 129 Å². The third kappa shape index (κ3) is 2.90. The van der Waals surface area contributed by atoms with E-state index in [-0.39, 0.29) is 6.04 Å². The maximum atomic E-state index is 6.09. The molecule has 19 heavy (non-hydrogen) atoms. The van der Waals surface area contributed by atoms with Gasteiger partial charge in [0.15, 0.2) is 0 Å². The molecule has 0 saturated carbocycles. The highest BCUT2D eigenvalue weighted by atomic mass is 79.9. The molecule has 2 N–H and O–H groups in total. The molecule has 0 aliphatic heterocycles. The highest BCUT2D eigenvalue weighted by molar-refractivity contribution is 9.11. The van der Waals surface area contributed by atoms with Crippen molar-refractivity contribution in [3.8, 4) is 5.69 Å². The Morgan fingerprint density at radius 1 is 1.32 bits per heavy atom. The van der Waals surface area contributed by atoms with Gasteiger partial charge in [-0.2, -0.15) is 0 Å². The molecule has 1 heterocycles. The highest BCUT2D eigenvalue weighted by Gasteiger charge is 2.18. The number of aromatic nitrogens is 3. The number of rotatable bonds is 4. The van der Waals surface area contributed by atoms with Gasteiger partial charge in [0, 0.05) is 8.95 Å². The molecule has 1 unspecified atom stereocenters. The second-order valence-electron chi connectivity index (χ2n) is 4.30. The van der Waals surface area contributed by atoms with E-state index in [1.165, 1.54) is 0 Å². The van der Waals surface area contributed by atoms with Crippen LogP contribution in [0.2, 0.25) is 0 Å². The van der Waals surface area contributed by atoms with Gasteiger partial charge in [-0.05, 0) is 47.0 Å². The summed E-state index contributed by atoms with van der Waals surface area (Å²) in [7, 11) is 0. The zero-order valence-corrected chi connectivity index (χ0v) is 14.1. The van der Waals surface area contributed by atoms with Crippen LogP contribution >= 0.6 is 31.9 Å². The van der Waals surface area contributed by atoms with E-state index in [0.29, 0.717) is 0 Å². The minimum Gasteiger partial charge on any atom is -0.323 e. The van der Waals surface area contributed by atoms with Crippen LogP contribution < -0.4 is 5.73 Å². The van der Waals surface area contributed by atoms with Crippen molar-refractivity contribution in [2.75, 3.05) is 0 Å². The Morgan fingerprint density at radius 2 is 2.05 bits per heavy atom. The zero-order valence-electron chi connectivity index (χ0n) is 10.9. The molecule has 2 rings (SSSR count). The minimum absolute atomic E-state index is 0.0575. The fourth-order valence-corrected chi connectivity index (χ4v) is 3.19. The SMILES string of the molecule is CCc1c(C(N)CC)nnn1-c1ccc(Br)cc1Br. The van der Waals surface area contributed by atoms with Crippen molar-refractivity contribution >= 4 is 31.9 Å². The lowest BCUT2D eigenvalue weighted by Crippen LogP contribution is -2.12. The third-order valence-corrected chi connectivity index (χ3v) is 4.19. The fourth-order valence-electron chi connectivity index (χ4n) is 1.97. The number of halogens is 2. The van der Waals surface area contributed by atoms with Gasteiger partial charge in [0.05, 0.1) is 17.4 Å². The smallest absolute Gasteiger partial charge is 0.103 e. The average molecular weight is 388 g/mol. The van der Waals surface area contributed by atoms with Crippen LogP contribution in [-0.4, -0.2) is 15.0 Å². The lowest BCUT2D eigenvalue weighted by molar-refractivity contribution is 0.665. The first kappa shape index (κ1) is 14.7. The van der Waals surface area contributed by atoms with E-state index in [4.69, 9.17) is 5.73 Å². The highest BCUT2D eigenvalue weighted by Crippen LogP contribution is 2.27. The molecular formula is C13H16Br2N4. The fraction of sp³-hybridized carbons (Fsp3) is 0.385. The van der Waals surface area contributed by atoms with Gasteiger partial charge < -0.3 is 5.73 Å². The monoisotopic (exact) mass is 386 g/mol. The summed E-state index contributed by atoms with van der Waals surface area (Å²) in [6.07, 6.45) is 1.70. The maximum Gasteiger partial charge on any atom is 0.103 e. The van der Waals surface area contributed by atoms with E-state index < -0.39 is 0 Å². The number of hydrogen-bond acceptors (Lipinski definition) is 3. The molecule has 1 aromatic carbocycles. The van der Waals surface area contributed by atoms with Crippen molar-refractivity contribution < 1.29 is 0 Å². The number of nitrogens with zero attached hydrogens (tertiary/aromatic N) is 3. The van der Waals surface area contributed by atoms with Gasteiger partial charge in [0.25, 0.3) is 0 Å². The van der Waals surface area contributed by atoms with E-state index in [1.807, 2.05) is 22.9 Å². The minimum atomic E-state index is -0.0575. The summed E-state index contributed by atoms with van der Waals surface area (Å²) in [6, 6.07) is 5.93. The molecule has 0 amide bonds. The molecule has 1 atom stereocenters. The molecule has 0 spiro atoms. The van der Waals surface area contributed by atoms with Crippen LogP contribution in [0.15, 0.2) is 27.1 Å². The Hall–Kier alpha value is -0.720. The van der Waals surface area contributed by atoms with E-state index in [1.54, 1.807) is 0 Å². The zero-order chi connectivity index (χ0) is 14.0. The average Bonchev–Trinajstić information content (AvgIpc) is 2.81. The Balaban J connectivity index is 2.53. The van der Waals surface area contributed by atoms with Crippen LogP contribution in [0, 0.1) is 0 Å². The second kappa shape index (κ2) is 6.15. The molecule has 1 aromatic heterocycles. The first-order valence-electron chi connectivity index (χ1n) is 6.23. The third-order valence-electron chi connectivity index (χ3n) is 3.06. The summed E-state index contributed by atoms with van der Waals surface area (Å²) in [5.41, 5.74) is 9.02. The molecule has 4 nitrogen and oxygen atoms in total. The summed E-state index contributed by atoms with van der Waals surface area (Å²) in [5, 5.41) is 8.51. The molecule has 0 aliphatic rings. The lowest BCUT2D eigenvalue weighted by atomic mass is 10.1. The van der Waals surface area contributed by atoms with Crippen LogP contribution in [0.4, 0.5) is 0 Å². The molecule has 0 aliphatic carbocycles. The van der Waals surface area contributed by atoms with Gasteiger partial charge in [0.1, 0.15) is 5.69 Å². The van der Waals surface area contributed by atoms with Gasteiger partial charge in [-0.1, -0.05) is 35.0 Å². The molecule has 102 valence electrons. The predicted molar refractivity (Wildman–Crippen MR) is 83.4 cm³/mol. The van der Waals surface area contributed by atoms with Gasteiger partial charge >= 0.3 is 0 Å². The van der Waals surface area contributed by atoms with E-state index >= 15 is 0 Å². The summed E-state index contributed by atoms with van der Waals surface area (Å²) < 4.78 is 3.85. The van der Waals surface area contributed by atoms with Crippen molar-refractivity contribution in [3.63, 3.8) is 0 Å². The molecule has 0 fully saturated rings. The van der Waals surface area contributed by atoms with Crippen molar-refractivity contribution in [2.24, 2.45) is 5.73 Å².